The Labute approximate surface area is 103 Å². The number of rotatable bonds is 5. The van der Waals surface area contributed by atoms with Gasteiger partial charge in [-0.15, -0.1) is 0 Å². The Morgan fingerprint density at radius 3 is 2.00 bits per heavy atom. The summed E-state index contributed by atoms with van der Waals surface area (Å²) in [5, 5.41) is 17.3. The molecule has 2 N–H and O–H groups in total. The summed E-state index contributed by atoms with van der Waals surface area (Å²) in [5.74, 6) is -2.39. The van der Waals surface area contributed by atoms with E-state index in [0.717, 1.165) is 4.90 Å². The lowest BCUT2D eigenvalue weighted by molar-refractivity contribution is -0.140. The van der Waals surface area contributed by atoms with Crippen LogP contribution in [-0.2, 0) is 9.59 Å². The van der Waals surface area contributed by atoms with E-state index in [4.69, 9.17) is 14.6 Å². The van der Waals surface area contributed by atoms with Crippen LogP contribution in [0.5, 0.6) is 0 Å². The Hall–Kier alpha value is -2.31. The van der Waals surface area contributed by atoms with Crippen LogP contribution >= 0.6 is 0 Å². The van der Waals surface area contributed by atoms with Gasteiger partial charge in [-0.3, -0.25) is 14.4 Å². The number of carboxylic acids is 2. The van der Waals surface area contributed by atoms with Crippen molar-refractivity contribution in [1.82, 2.24) is 4.90 Å². The number of carbonyl (C=O) groups excluding carboxylic acids is 1. The highest BCUT2D eigenvalue weighted by Crippen LogP contribution is 2.15. The lowest BCUT2D eigenvalue weighted by atomic mass is 10.2. The first kappa shape index (κ1) is 13.8. The minimum atomic E-state index is -1.28. The van der Waals surface area contributed by atoms with Crippen molar-refractivity contribution in [2.45, 2.75) is 13.8 Å². The van der Waals surface area contributed by atoms with Crippen LogP contribution in [0, 0.1) is 13.8 Å². The number of carboxylic acid groups (broad SMARTS) is 2. The monoisotopic (exact) mass is 255 g/mol. The molecule has 98 valence electrons. The summed E-state index contributed by atoms with van der Waals surface area (Å²) in [6.45, 7) is 1.85. The molecule has 1 heterocycles. The Balaban J connectivity index is 2.97. The molecule has 18 heavy (non-hydrogen) atoms. The molecule has 0 saturated carbocycles. The molecule has 0 aliphatic heterocycles. The number of hydrogen-bond acceptors (Lipinski definition) is 4. The number of carbonyl (C=O) groups is 3. The number of aryl methyl sites for hydroxylation is 2. The van der Waals surface area contributed by atoms with Gasteiger partial charge in [-0.1, -0.05) is 0 Å². The number of hydrogen-bond donors (Lipinski definition) is 2. The molecule has 1 amide bonds. The minimum absolute atomic E-state index is 0.176. The highest BCUT2D eigenvalue weighted by atomic mass is 16.4. The molecular weight excluding hydrogens is 242 g/mol. The third kappa shape index (κ3) is 3.34. The largest absolute Gasteiger partial charge is 0.480 e. The molecule has 1 aromatic heterocycles. The summed E-state index contributed by atoms with van der Waals surface area (Å²) < 4.78 is 5.15. The van der Waals surface area contributed by atoms with E-state index < -0.39 is 30.9 Å². The summed E-state index contributed by atoms with van der Waals surface area (Å²) in [7, 11) is 0. The van der Waals surface area contributed by atoms with Crippen LogP contribution in [0.2, 0.25) is 0 Å². The molecule has 7 nitrogen and oxygen atoms in total. The highest BCUT2D eigenvalue weighted by molar-refractivity contribution is 5.98. The highest BCUT2D eigenvalue weighted by Gasteiger charge is 2.24. The summed E-state index contributed by atoms with van der Waals surface area (Å²) in [6, 6.07) is 1.45. The lowest BCUT2D eigenvalue weighted by Crippen LogP contribution is -2.39. The predicted octanol–water partition coefficient (Wildman–Crippen LogP) is 0.508. The molecule has 0 atom stereocenters. The van der Waals surface area contributed by atoms with Gasteiger partial charge < -0.3 is 19.5 Å². The summed E-state index contributed by atoms with van der Waals surface area (Å²) in [5.41, 5.74) is 0.176. The lowest BCUT2D eigenvalue weighted by Gasteiger charge is -2.17. The fourth-order valence-electron chi connectivity index (χ4n) is 1.54. The molecule has 1 aromatic rings. The summed E-state index contributed by atoms with van der Waals surface area (Å²) in [6.07, 6.45) is 0. The van der Waals surface area contributed by atoms with Gasteiger partial charge >= 0.3 is 11.9 Å². The third-order valence-electron chi connectivity index (χ3n) is 2.21. The minimum Gasteiger partial charge on any atom is -0.480 e. The number of amides is 1. The molecule has 0 radical (unpaired) electrons. The maximum Gasteiger partial charge on any atom is 0.323 e. The average molecular weight is 255 g/mol. The SMILES string of the molecule is Cc1cc(C(=O)N(CC(=O)O)CC(=O)O)c(C)o1. The van der Waals surface area contributed by atoms with Crippen LogP contribution in [-0.4, -0.2) is 46.0 Å². The average Bonchev–Trinajstić information content (AvgIpc) is 2.54. The van der Waals surface area contributed by atoms with Crippen LogP contribution < -0.4 is 0 Å². The van der Waals surface area contributed by atoms with Crippen LogP contribution in [0.25, 0.3) is 0 Å². The number of furan rings is 1. The molecule has 0 bridgehead atoms. The second kappa shape index (κ2) is 5.35. The molecule has 0 spiro atoms. The first-order valence-corrected chi connectivity index (χ1v) is 5.11. The normalized spacial score (nSPS) is 10.1. The molecule has 1 rings (SSSR count). The van der Waals surface area contributed by atoms with Gasteiger partial charge in [0.15, 0.2) is 0 Å². The molecule has 0 aliphatic rings. The van der Waals surface area contributed by atoms with Gasteiger partial charge in [0.1, 0.15) is 24.6 Å². The molecule has 0 saturated heterocycles. The predicted molar refractivity (Wildman–Crippen MR) is 59.4 cm³/mol. The zero-order valence-corrected chi connectivity index (χ0v) is 9.97. The van der Waals surface area contributed by atoms with Gasteiger partial charge in [-0.2, -0.15) is 0 Å². The van der Waals surface area contributed by atoms with Crippen molar-refractivity contribution < 1.29 is 29.0 Å². The van der Waals surface area contributed by atoms with Gasteiger partial charge in [0.2, 0.25) is 0 Å². The molecular formula is C11H13NO6. The Morgan fingerprint density at radius 1 is 1.17 bits per heavy atom. The van der Waals surface area contributed by atoms with E-state index in [-0.39, 0.29) is 5.56 Å². The maximum absolute atomic E-state index is 12.0. The number of aliphatic carboxylic acids is 2. The van der Waals surface area contributed by atoms with Gasteiger partial charge in [-0.25, -0.2) is 0 Å². The molecule has 0 unspecified atom stereocenters. The molecule has 0 aliphatic carbocycles. The molecule has 7 heteroatoms. The van der Waals surface area contributed by atoms with Crippen molar-refractivity contribution >= 4 is 17.8 Å². The topological polar surface area (TPSA) is 108 Å². The smallest absolute Gasteiger partial charge is 0.323 e. The Bertz CT molecular complexity index is 474. The fraction of sp³-hybridized carbons (Fsp3) is 0.364. The first-order valence-electron chi connectivity index (χ1n) is 5.11. The fourth-order valence-corrected chi connectivity index (χ4v) is 1.54. The second-order valence-corrected chi connectivity index (χ2v) is 3.78. The van der Waals surface area contributed by atoms with Gasteiger partial charge in [0, 0.05) is 0 Å². The van der Waals surface area contributed by atoms with E-state index in [1.807, 2.05) is 0 Å². The quantitative estimate of drug-likeness (QED) is 0.793. The van der Waals surface area contributed by atoms with Crippen molar-refractivity contribution in [1.29, 1.82) is 0 Å². The Morgan fingerprint density at radius 2 is 1.67 bits per heavy atom. The van der Waals surface area contributed by atoms with Crippen molar-refractivity contribution in [3.8, 4) is 0 Å². The van der Waals surface area contributed by atoms with Crippen LogP contribution in [0.15, 0.2) is 10.5 Å². The van der Waals surface area contributed by atoms with E-state index in [9.17, 15) is 14.4 Å². The van der Waals surface area contributed by atoms with E-state index in [0.29, 0.717) is 11.5 Å². The van der Waals surface area contributed by atoms with E-state index >= 15 is 0 Å². The van der Waals surface area contributed by atoms with Gasteiger partial charge in [0.05, 0.1) is 5.56 Å². The molecule has 0 aromatic carbocycles. The Kier molecular flexibility index (Phi) is 4.09. The third-order valence-corrected chi connectivity index (χ3v) is 2.21. The van der Waals surface area contributed by atoms with Crippen molar-refractivity contribution in [3.63, 3.8) is 0 Å². The first-order chi connectivity index (χ1) is 8.31. The van der Waals surface area contributed by atoms with Crippen LogP contribution in [0.1, 0.15) is 21.9 Å². The molecule has 0 fully saturated rings. The number of nitrogens with zero attached hydrogens (tertiary/aromatic N) is 1. The van der Waals surface area contributed by atoms with Crippen LogP contribution in [0.4, 0.5) is 0 Å². The van der Waals surface area contributed by atoms with Gasteiger partial charge in [0.25, 0.3) is 5.91 Å². The standard InChI is InChI=1S/C11H13NO6/c1-6-3-8(7(2)18-6)11(17)12(4-9(13)14)5-10(15)16/h3H,4-5H2,1-2H3,(H,13,14)(H,15,16). The van der Waals surface area contributed by atoms with E-state index in [1.54, 1.807) is 13.8 Å². The van der Waals surface area contributed by atoms with Crippen LogP contribution in [0.3, 0.4) is 0 Å². The zero-order chi connectivity index (χ0) is 13.9. The second-order valence-electron chi connectivity index (χ2n) is 3.78. The maximum atomic E-state index is 12.0. The summed E-state index contributed by atoms with van der Waals surface area (Å²) >= 11 is 0. The van der Waals surface area contributed by atoms with Crippen molar-refractivity contribution in [2.24, 2.45) is 0 Å². The van der Waals surface area contributed by atoms with E-state index in [2.05, 4.69) is 0 Å². The zero-order valence-electron chi connectivity index (χ0n) is 9.97. The van der Waals surface area contributed by atoms with Crippen molar-refractivity contribution in [2.75, 3.05) is 13.1 Å². The summed E-state index contributed by atoms with van der Waals surface area (Å²) in [4.78, 5) is 33.9. The van der Waals surface area contributed by atoms with E-state index in [1.165, 1.54) is 6.07 Å². The van der Waals surface area contributed by atoms with Gasteiger partial charge in [-0.05, 0) is 19.9 Å². The van der Waals surface area contributed by atoms with Crippen molar-refractivity contribution in [3.05, 3.63) is 23.2 Å².